The maximum atomic E-state index is 13.9. The molecule has 3 aromatic heterocycles. The van der Waals surface area contributed by atoms with Gasteiger partial charge in [0, 0.05) is 53.1 Å². The lowest BCUT2D eigenvalue weighted by molar-refractivity contribution is -0.137. The second-order valence-electron chi connectivity index (χ2n) is 9.16. The Morgan fingerprint density at radius 3 is 2.80 bits per heavy atom. The van der Waals surface area contributed by atoms with Crippen molar-refractivity contribution in [2.45, 2.75) is 43.9 Å². The third-order valence-electron chi connectivity index (χ3n) is 6.83. The molecule has 1 aliphatic carbocycles. The van der Waals surface area contributed by atoms with Crippen molar-refractivity contribution in [3.8, 4) is 22.5 Å². The molecular weight excluding hydrogens is 457 g/mol. The van der Waals surface area contributed by atoms with Crippen LogP contribution in [0.1, 0.15) is 31.2 Å². The third kappa shape index (κ3) is 4.20. The van der Waals surface area contributed by atoms with E-state index in [1.54, 1.807) is 12.4 Å². The highest BCUT2D eigenvalue weighted by atomic mass is 19.4. The molecule has 1 saturated carbocycles. The number of hydrogen-bond donors (Lipinski definition) is 5. The maximum Gasteiger partial charge on any atom is 0.419 e. The van der Waals surface area contributed by atoms with Crippen LogP contribution in [0.4, 0.5) is 24.8 Å². The molecule has 3 aliphatic rings. The molecule has 0 unspecified atom stereocenters. The summed E-state index contributed by atoms with van der Waals surface area (Å²) in [5.41, 5.74) is 2.70. The number of alkyl halides is 3. The van der Waals surface area contributed by atoms with Crippen LogP contribution in [-0.4, -0.2) is 50.3 Å². The molecule has 35 heavy (non-hydrogen) atoms. The predicted molar refractivity (Wildman–Crippen MR) is 128 cm³/mol. The topological polar surface area (TPSA) is 106 Å². The van der Waals surface area contributed by atoms with Gasteiger partial charge in [0.2, 0.25) is 5.95 Å². The van der Waals surface area contributed by atoms with Crippen LogP contribution in [0.3, 0.4) is 0 Å². The zero-order chi connectivity index (χ0) is 24.0. The fourth-order valence-electron chi connectivity index (χ4n) is 5.08. The minimum absolute atomic E-state index is 0.108. The number of aromatic nitrogens is 5. The van der Waals surface area contributed by atoms with Crippen molar-refractivity contribution in [3.63, 3.8) is 0 Å². The Morgan fingerprint density at radius 2 is 1.91 bits per heavy atom. The smallest absolute Gasteiger partial charge is 0.382 e. The molecule has 5 N–H and O–H groups in total. The van der Waals surface area contributed by atoms with Gasteiger partial charge in [-0.15, -0.1) is 0 Å². The van der Waals surface area contributed by atoms with E-state index in [2.05, 4.69) is 41.1 Å². The quantitative estimate of drug-likeness (QED) is 0.247. The summed E-state index contributed by atoms with van der Waals surface area (Å²) in [6.45, 7) is 1.66. The molecule has 2 aliphatic heterocycles. The number of rotatable bonds is 0. The molecule has 4 aromatic rings. The number of nitrogens with one attached hydrogen (secondary N) is 5. The monoisotopic (exact) mass is 482 g/mol. The van der Waals surface area contributed by atoms with E-state index in [1.807, 2.05) is 18.2 Å². The van der Waals surface area contributed by atoms with Crippen LogP contribution in [0.2, 0.25) is 0 Å². The SMILES string of the molecule is FC(F)(F)c1cnc2nc1-c1c[nH]c3cc(ccc13)-c1[nH]ncc1NCCCN[C@H]1CC[C@@H](C1)N2. The number of H-pyrrole nitrogens is 2. The van der Waals surface area contributed by atoms with Gasteiger partial charge in [0.1, 0.15) is 5.56 Å². The minimum Gasteiger partial charge on any atom is -0.382 e. The molecule has 0 spiro atoms. The van der Waals surface area contributed by atoms with Gasteiger partial charge < -0.3 is 20.9 Å². The van der Waals surface area contributed by atoms with Crippen LogP contribution in [0.25, 0.3) is 33.4 Å². The zero-order valence-corrected chi connectivity index (χ0v) is 18.8. The van der Waals surface area contributed by atoms with Gasteiger partial charge in [0.15, 0.2) is 0 Å². The molecular formula is C24H25F3N8. The van der Waals surface area contributed by atoms with Gasteiger partial charge in [-0.1, -0.05) is 12.1 Å². The first-order chi connectivity index (χ1) is 17.0. The van der Waals surface area contributed by atoms with Crippen LogP contribution in [-0.2, 0) is 6.18 Å². The lowest BCUT2D eigenvalue weighted by Gasteiger charge is -2.17. The number of nitrogens with zero attached hydrogens (tertiary/aromatic N) is 3. The standard InChI is InChI=1S/C24H25F3N8/c25-24(26,27)18-11-31-23-33-15-4-3-14(9-15)28-6-1-7-29-20-12-32-35-21(20)13-2-5-16-17(22(18)34-23)10-30-19(16)8-13/h2,5,8,10-12,14-15,28-30H,1,3-4,6-7,9H2,(H,32,35)(H,31,33,34)/t14-,15-/m0/s1. The zero-order valence-electron chi connectivity index (χ0n) is 18.8. The molecule has 11 heteroatoms. The summed E-state index contributed by atoms with van der Waals surface area (Å²) in [6.07, 6.45) is 3.35. The fourth-order valence-corrected chi connectivity index (χ4v) is 5.08. The molecule has 7 rings (SSSR count). The van der Waals surface area contributed by atoms with E-state index < -0.39 is 11.7 Å². The Balaban J connectivity index is 1.47. The van der Waals surface area contributed by atoms with E-state index >= 15 is 0 Å². The van der Waals surface area contributed by atoms with Gasteiger partial charge in [-0.2, -0.15) is 18.3 Å². The number of fused-ring (bicyclic) bond motifs is 5. The second kappa shape index (κ2) is 8.56. The summed E-state index contributed by atoms with van der Waals surface area (Å²) in [5.74, 6) is 0.217. The number of halogens is 3. The second-order valence-corrected chi connectivity index (χ2v) is 9.16. The summed E-state index contributed by atoms with van der Waals surface area (Å²) in [4.78, 5) is 11.5. The van der Waals surface area contributed by atoms with Gasteiger partial charge in [0.05, 0.1) is 23.3 Å². The Bertz CT molecular complexity index is 1360. The normalized spacial score (nSPS) is 20.7. The van der Waals surface area contributed by atoms with Gasteiger partial charge >= 0.3 is 6.18 Å². The van der Waals surface area contributed by atoms with E-state index in [-0.39, 0.29) is 17.7 Å². The molecule has 5 heterocycles. The average molecular weight is 483 g/mol. The Kier molecular flexibility index (Phi) is 5.36. The Morgan fingerprint density at radius 1 is 1.03 bits per heavy atom. The van der Waals surface area contributed by atoms with Gasteiger partial charge in [-0.25, -0.2) is 9.97 Å². The first-order valence-corrected chi connectivity index (χ1v) is 11.8. The summed E-state index contributed by atoms with van der Waals surface area (Å²) in [5, 5.41) is 18.2. The molecule has 2 atom stereocenters. The number of benzene rings is 1. The van der Waals surface area contributed by atoms with Gasteiger partial charge in [-0.05, 0) is 38.3 Å². The van der Waals surface area contributed by atoms with Crippen molar-refractivity contribution in [2.75, 3.05) is 23.7 Å². The molecule has 8 nitrogen and oxygen atoms in total. The van der Waals surface area contributed by atoms with Gasteiger partial charge in [-0.3, -0.25) is 5.10 Å². The van der Waals surface area contributed by atoms with E-state index in [4.69, 9.17) is 0 Å². The van der Waals surface area contributed by atoms with Crippen molar-refractivity contribution in [1.29, 1.82) is 0 Å². The van der Waals surface area contributed by atoms with Crippen LogP contribution >= 0.6 is 0 Å². The maximum absolute atomic E-state index is 13.9. The summed E-state index contributed by atoms with van der Waals surface area (Å²) < 4.78 is 41.7. The lowest BCUT2D eigenvalue weighted by Crippen LogP contribution is -2.30. The van der Waals surface area contributed by atoms with E-state index in [0.717, 1.165) is 61.9 Å². The highest BCUT2D eigenvalue weighted by Gasteiger charge is 2.36. The molecule has 0 saturated heterocycles. The van der Waals surface area contributed by atoms with Gasteiger partial charge in [0.25, 0.3) is 0 Å². The molecule has 8 bridgehead atoms. The van der Waals surface area contributed by atoms with Crippen molar-refractivity contribution < 1.29 is 13.2 Å². The van der Waals surface area contributed by atoms with Crippen molar-refractivity contribution >= 4 is 22.5 Å². The molecule has 0 amide bonds. The van der Waals surface area contributed by atoms with E-state index in [1.165, 1.54) is 0 Å². The van der Waals surface area contributed by atoms with Crippen LogP contribution in [0.15, 0.2) is 36.8 Å². The van der Waals surface area contributed by atoms with Crippen LogP contribution in [0, 0.1) is 0 Å². The molecule has 0 radical (unpaired) electrons. The Hall–Kier alpha value is -3.60. The first-order valence-electron chi connectivity index (χ1n) is 11.8. The summed E-state index contributed by atoms with van der Waals surface area (Å²) in [7, 11) is 0. The minimum atomic E-state index is -4.58. The number of anilines is 2. The van der Waals surface area contributed by atoms with Crippen molar-refractivity contribution in [3.05, 3.63) is 42.4 Å². The lowest BCUT2D eigenvalue weighted by atomic mass is 10.0. The summed E-state index contributed by atoms with van der Waals surface area (Å²) in [6, 6.07) is 6.06. The third-order valence-corrected chi connectivity index (χ3v) is 6.83. The molecule has 182 valence electrons. The van der Waals surface area contributed by atoms with E-state index in [9.17, 15) is 13.2 Å². The fraction of sp³-hybridized carbons (Fsp3) is 0.375. The van der Waals surface area contributed by atoms with E-state index in [0.29, 0.717) is 22.5 Å². The number of aromatic amines is 2. The highest BCUT2D eigenvalue weighted by molar-refractivity contribution is 5.98. The molecule has 1 aromatic carbocycles. The first kappa shape index (κ1) is 21.9. The van der Waals surface area contributed by atoms with Crippen LogP contribution in [0.5, 0.6) is 0 Å². The summed E-state index contributed by atoms with van der Waals surface area (Å²) >= 11 is 0. The highest BCUT2D eigenvalue weighted by Crippen LogP contribution is 2.40. The molecule has 1 fully saturated rings. The van der Waals surface area contributed by atoms with Crippen LogP contribution < -0.4 is 16.0 Å². The van der Waals surface area contributed by atoms with Crippen molar-refractivity contribution in [1.82, 2.24) is 30.5 Å². The predicted octanol–water partition coefficient (Wildman–Crippen LogP) is 4.77. The number of hydrogen-bond acceptors (Lipinski definition) is 6. The van der Waals surface area contributed by atoms with Crippen molar-refractivity contribution in [2.24, 2.45) is 0 Å². The largest absolute Gasteiger partial charge is 0.419 e. The Labute approximate surface area is 199 Å². The average Bonchev–Trinajstić information content (AvgIpc) is 3.57.